The fraction of sp³-hybridized carbons (Fsp3) is 0.778. The molecule has 0 saturated heterocycles. The van der Waals surface area contributed by atoms with Gasteiger partial charge in [-0.05, 0) is 18.9 Å². The second kappa shape index (κ2) is 5.05. The molecule has 64 valence electrons. The van der Waals surface area contributed by atoms with Crippen LogP contribution in [0.4, 0.5) is 0 Å². The number of nitrogens with one attached hydrogen (secondary N) is 1. The highest BCUT2D eigenvalue weighted by atomic mass is 16.5. The molecule has 2 heteroatoms. The van der Waals surface area contributed by atoms with Crippen molar-refractivity contribution in [2.24, 2.45) is 0 Å². The van der Waals surface area contributed by atoms with Crippen molar-refractivity contribution in [3.05, 3.63) is 12.0 Å². The SMILES string of the molecule is CCCCCOC1=CCCN1. The number of hydrogen-bond donors (Lipinski definition) is 1. The van der Waals surface area contributed by atoms with E-state index in [2.05, 4.69) is 18.3 Å². The molecule has 0 fully saturated rings. The lowest BCUT2D eigenvalue weighted by molar-refractivity contribution is 0.191. The smallest absolute Gasteiger partial charge is 0.182 e. The first-order valence-electron chi connectivity index (χ1n) is 4.50. The van der Waals surface area contributed by atoms with Crippen molar-refractivity contribution in [3.8, 4) is 0 Å². The van der Waals surface area contributed by atoms with Crippen molar-refractivity contribution in [2.75, 3.05) is 13.2 Å². The van der Waals surface area contributed by atoms with Crippen LogP contribution in [0.25, 0.3) is 0 Å². The first-order chi connectivity index (χ1) is 5.43. The Balaban J connectivity index is 1.94. The molecule has 1 heterocycles. The Morgan fingerprint density at radius 2 is 2.45 bits per heavy atom. The van der Waals surface area contributed by atoms with Crippen LogP contribution in [-0.2, 0) is 4.74 Å². The molecule has 0 aromatic heterocycles. The van der Waals surface area contributed by atoms with Crippen LogP contribution in [0.1, 0.15) is 32.6 Å². The minimum absolute atomic E-state index is 0.868. The zero-order chi connectivity index (χ0) is 7.94. The molecule has 0 spiro atoms. The summed E-state index contributed by atoms with van der Waals surface area (Å²) in [5.41, 5.74) is 0. The van der Waals surface area contributed by atoms with E-state index in [1.807, 2.05) is 0 Å². The molecule has 1 rings (SSSR count). The molecular weight excluding hydrogens is 138 g/mol. The summed E-state index contributed by atoms with van der Waals surface area (Å²) >= 11 is 0. The van der Waals surface area contributed by atoms with Crippen LogP contribution in [0.5, 0.6) is 0 Å². The molecule has 0 aliphatic carbocycles. The second-order valence-corrected chi connectivity index (χ2v) is 2.84. The maximum Gasteiger partial charge on any atom is 0.182 e. The van der Waals surface area contributed by atoms with Gasteiger partial charge in [-0.2, -0.15) is 0 Å². The minimum Gasteiger partial charge on any atom is -0.479 e. The molecule has 0 aromatic carbocycles. The summed E-state index contributed by atoms with van der Waals surface area (Å²) in [6, 6.07) is 0. The van der Waals surface area contributed by atoms with Crippen molar-refractivity contribution in [1.82, 2.24) is 5.32 Å². The van der Waals surface area contributed by atoms with E-state index < -0.39 is 0 Å². The van der Waals surface area contributed by atoms with Crippen LogP contribution in [-0.4, -0.2) is 13.2 Å². The Morgan fingerprint density at radius 3 is 3.09 bits per heavy atom. The maximum absolute atomic E-state index is 5.46. The first-order valence-corrected chi connectivity index (χ1v) is 4.50. The Kier molecular flexibility index (Phi) is 3.87. The van der Waals surface area contributed by atoms with E-state index in [0.717, 1.165) is 25.5 Å². The average Bonchev–Trinajstić information content (AvgIpc) is 2.50. The summed E-state index contributed by atoms with van der Waals surface area (Å²) in [5.74, 6) is 0.987. The normalized spacial score (nSPS) is 15.9. The first kappa shape index (κ1) is 8.44. The largest absolute Gasteiger partial charge is 0.479 e. The Hall–Kier alpha value is -0.660. The topological polar surface area (TPSA) is 21.3 Å². The van der Waals surface area contributed by atoms with Crippen molar-refractivity contribution in [2.45, 2.75) is 32.6 Å². The van der Waals surface area contributed by atoms with Crippen molar-refractivity contribution in [1.29, 1.82) is 0 Å². The van der Waals surface area contributed by atoms with Crippen molar-refractivity contribution in [3.63, 3.8) is 0 Å². The Morgan fingerprint density at radius 1 is 1.55 bits per heavy atom. The molecule has 0 amide bonds. The molecule has 0 saturated carbocycles. The van der Waals surface area contributed by atoms with E-state index in [-0.39, 0.29) is 0 Å². The van der Waals surface area contributed by atoms with Crippen LogP contribution in [0, 0.1) is 0 Å². The Bertz CT molecular complexity index is 132. The lowest BCUT2D eigenvalue weighted by atomic mass is 10.3. The number of unbranched alkanes of at least 4 members (excludes halogenated alkanes) is 2. The van der Waals surface area contributed by atoms with Crippen LogP contribution in [0.15, 0.2) is 12.0 Å². The lowest BCUT2D eigenvalue weighted by Gasteiger charge is -2.06. The second-order valence-electron chi connectivity index (χ2n) is 2.84. The van der Waals surface area contributed by atoms with E-state index in [1.54, 1.807) is 0 Å². The van der Waals surface area contributed by atoms with Gasteiger partial charge in [-0.15, -0.1) is 0 Å². The molecular formula is C9H17NO. The van der Waals surface area contributed by atoms with Crippen molar-refractivity contribution >= 4 is 0 Å². The predicted molar refractivity (Wildman–Crippen MR) is 46.2 cm³/mol. The fourth-order valence-electron chi connectivity index (χ4n) is 1.11. The van der Waals surface area contributed by atoms with Crippen LogP contribution >= 0.6 is 0 Å². The monoisotopic (exact) mass is 155 g/mol. The van der Waals surface area contributed by atoms with Gasteiger partial charge in [-0.3, -0.25) is 0 Å². The zero-order valence-electron chi connectivity index (χ0n) is 7.23. The predicted octanol–water partition coefficient (Wildman–Crippen LogP) is 2.03. The van der Waals surface area contributed by atoms with E-state index in [0.29, 0.717) is 0 Å². The highest BCUT2D eigenvalue weighted by Crippen LogP contribution is 2.04. The van der Waals surface area contributed by atoms with Crippen LogP contribution in [0.2, 0.25) is 0 Å². The molecule has 0 radical (unpaired) electrons. The third kappa shape index (κ3) is 3.30. The molecule has 0 unspecified atom stereocenters. The van der Waals surface area contributed by atoms with E-state index in [9.17, 15) is 0 Å². The molecule has 0 bridgehead atoms. The third-order valence-corrected chi connectivity index (χ3v) is 1.78. The Labute approximate surface area is 68.6 Å². The third-order valence-electron chi connectivity index (χ3n) is 1.78. The molecule has 0 atom stereocenters. The van der Waals surface area contributed by atoms with Gasteiger partial charge in [0.15, 0.2) is 5.88 Å². The number of rotatable bonds is 5. The molecule has 11 heavy (non-hydrogen) atoms. The molecule has 2 nitrogen and oxygen atoms in total. The minimum atomic E-state index is 0.868. The zero-order valence-corrected chi connectivity index (χ0v) is 7.23. The van der Waals surface area contributed by atoms with Crippen molar-refractivity contribution < 1.29 is 4.74 Å². The molecule has 1 aliphatic heterocycles. The summed E-state index contributed by atoms with van der Waals surface area (Å²) < 4.78 is 5.46. The standard InChI is InChI=1S/C9H17NO/c1-2-3-4-8-11-9-6-5-7-10-9/h6,10H,2-5,7-8H2,1H3. The van der Waals surface area contributed by atoms with Gasteiger partial charge in [0, 0.05) is 6.54 Å². The lowest BCUT2D eigenvalue weighted by Crippen LogP contribution is -2.10. The summed E-state index contributed by atoms with van der Waals surface area (Å²) in [4.78, 5) is 0. The van der Waals surface area contributed by atoms with Gasteiger partial charge in [0.25, 0.3) is 0 Å². The van der Waals surface area contributed by atoms with Gasteiger partial charge >= 0.3 is 0 Å². The molecule has 1 N–H and O–H groups in total. The van der Waals surface area contributed by atoms with E-state index >= 15 is 0 Å². The van der Waals surface area contributed by atoms with Gasteiger partial charge < -0.3 is 10.1 Å². The summed E-state index contributed by atoms with van der Waals surface area (Å²) in [6.07, 6.45) is 6.94. The number of ether oxygens (including phenoxy) is 1. The molecule has 0 aromatic rings. The average molecular weight is 155 g/mol. The van der Waals surface area contributed by atoms with Gasteiger partial charge in [-0.25, -0.2) is 0 Å². The van der Waals surface area contributed by atoms with Gasteiger partial charge in [0.1, 0.15) is 0 Å². The van der Waals surface area contributed by atoms with Gasteiger partial charge in [0.05, 0.1) is 6.61 Å². The van der Waals surface area contributed by atoms with E-state index in [1.165, 1.54) is 19.3 Å². The van der Waals surface area contributed by atoms with Crippen LogP contribution in [0.3, 0.4) is 0 Å². The summed E-state index contributed by atoms with van der Waals surface area (Å²) in [5, 5.41) is 3.17. The highest BCUT2D eigenvalue weighted by molar-refractivity contribution is 4.97. The van der Waals surface area contributed by atoms with Gasteiger partial charge in [-0.1, -0.05) is 19.8 Å². The summed E-state index contributed by atoms with van der Waals surface area (Å²) in [7, 11) is 0. The quantitative estimate of drug-likeness (QED) is 0.613. The molecule has 1 aliphatic rings. The number of hydrogen-bond acceptors (Lipinski definition) is 2. The van der Waals surface area contributed by atoms with Gasteiger partial charge in [0.2, 0.25) is 0 Å². The van der Waals surface area contributed by atoms with E-state index in [4.69, 9.17) is 4.74 Å². The maximum atomic E-state index is 5.46. The van der Waals surface area contributed by atoms with Crippen LogP contribution < -0.4 is 5.32 Å². The summed E-state index contributed by atoms with van der Waals surface area (Å²) in [6.45, 7) is 4.11. The fourth-order valence-corrected chi connectivity index (χ4v) is 1.11. The highest BCUT2D eigenvalue weighted by Gasteiger charge is 2.01.